The fourth-order valence-corrected chi connectivity index (χ4v) is 3.66. The normalized spacial score (nSPS) is 15.8. The predicted octanol–water partition coefficient (Wildman–Crippen LogP) is 3.10. The van der Waals surface area contributed by atoms with Crippen LogP contribution in [-0.2, 0) is 11.2 Å². The van der Waals surface area contributed by atoms with Crippen molar-refractivity contribution in [2.45, 2.75) is 51.9 Å². The van der Waals surface area contributed by atoms with Crippen molar-refractivity contribution in [1.82, 2.24) is 24.4 Å². The largest absolute Gasteiger partial charge is 0.342 e. The van der Waals surface area contributed by atoms with Gasteiger partial charge in [-0.3, -0.25) is 4.79 Å². The van der Waals surface area contributed by atoms with Crippen LogP contribution in [0.2, 0.25) is 0 Å². The van der Waals surface area contributed by atoms with E-state index in [2.05, 4.69) is 29.0 Å². The van der Waals surface area contributed by atoms with Gasteiger partial charge in [0.2, 0.25) is 11.8 Å². The Hall–Kier alpha value is -2.70. The van der Waals surface area contributed by atoms with Crippen LogP contribution in [-0.4, -0.2) is 43.4 Å². The molecule has 4 heterocycles. The zero-order chi connectivity index (χ0) is 19.0. The summed E-state index contributed by atoms with van der Waals surface area (Å²) in [7, 11) is 0. The molecule has 0 aliphatic carbocycles. The average Bonchev–Trinajstić information content (AvgIpc) is 3.28. The van der Waals surface area contributed by atoms with Gasteiger partial charge >= 0.3 is 0 Å². The topological polar surface area (TPSA) is 76.5 Å². The first-order valence-electron chi connectivity index (χ1n) is 9.56. The predicted molar refractivity (Wildman–Crippen MR) is 101 cm³/mol. The average molecular weight is 367 g/mol. The van der Waals surface area contributed by atoms with Gasteiger partial charge in [-0.1, -0.05) is 25.1 Å². The third kappa shape index (κ3) is 3.46. The maximum atomic E-state index is 12.8. The molecule has 0 atom stereocenters. The summed E-state index contributed by atoms with van der Waals surface area (Å²) < 4.78 is 7.44. The fourth-order valence-electron chi connectivity index (χ4n) is 3.66. The Morgan fingerprint density at radius 3 is 2.74 bits per heavy atom. The molecule has 0 bridgehead atoms. The highest BCUT2D eigenvalue weighted by Gasteiger charge is 2.28. The standard InChI is InChI=1S/C20H25N5O2/c1-13(2)19-22-20(27-23-19)15-7-10-24(11-8-15)18(26)12-16-14(3)21-17-6-4-5-9-25(16)17/h4-6,9,13,15H,7-8,10-12H2,1-3H3. The summed E-state index contributed by atoms with van der Waals surface area (Å²) in [6.45, 7) is 7.51. The number of hydrogen-bond acceptors (Lipinski definition) is 5. The molecule has 3 aromatic rings. The van der Waals surface area contributed by atoms with E-state index < -0.39 is 0 Å². The molecular weight excluding hydrogens is 342 g/mol. The molecule has 0 aromatic carbocycles. The van der Waals surface area contributed by atoms with Gasteiger partial charge in [0, 0.05) is 31.1 Å². The molecule has 142 valence electrons. The van der Waals surface area contributed by atoms with Crippen molar-refractivity contribution in [1.29, 1.82) is 0 Å². The van der Waals surface area contributed by atoms with Gasteiger partial charge in [-0.05, 0) is 31.9 Å². The van der Waals surface area contributed by atoms with Crippen molar-refractivity contribution >= 4 is 11.6 Å². The Kier molecular flexibility index (Phi) is 4.68. The van der Waals surface area contributed by atoms with Gasteiger partial charge < -0.3 is 13.8 Å². The second-order valence-electron chi connectivity index (χ2n) is 7.55. The van der Waals surface area contributed by atoms with E-state index in [4.69, 9.17) is 4.52 Å². The van der Waals surface area contributed by atoms with Gasteiger partial charge in [0.25, 0.3) is 0 Å². The molecular formula is C20H25N5O2. The zero-order valence-electron chi connectivity index (χ0n) is 16.1. The number of piperidine rings is 1. The van der Waals surface area contributed by atoms with Crippen molar-refractivity contribution in [3.05, 3.63) is 47.5 Å². The van der Waals surface area contributed by atoms with E-state index in [9.17, 15) is 4.79 Å². The third-order valence-corrected chi connectivity index (χ3v) is 5.32. The first-order chi connectivity index (χ1) is 13.0. The van der Waals surface area contributed by atoms with E-state index in [0.717, 1.165) is 48.8 Å². The lowest BCUT2D eigenvalue weighted by molar-refractivity contribution is -0.131. The van der Waals surface area contributed by atoms with E-state index >= 15 is 0 Å². The maximum Gasteiger partial charge on any atom is 0.229 e. The summed E-state index contributed by atoms with van der Waals surface area (Å²) in [5.74, 6) is 2.12. The summed E-state index contributed by atoms with van der Waals surface area (Å²) in [5, 5.41) is 4.06. The molecule has 1 saturated heterocycles. The van der Waals surface area contributed by atoms with Crippen LogP contribution >= 0.6 is 0 Å². The zero-order valence-corrected chi connectivity index (χ0v) is 16.1. The molecule has 0 spiro atoms. The molecule has 27 heavy (non-hydrogen) atoms. The Bertz CT molecular complexity index is 950. The number of pyridine rings is 1. The molecule has 1 aliphatic heterocycles. The van der Waals surface area contributed by atoms with Crippen LogP contribution in [0.25, 0.3) is 5.65 Å². The minimum atomic E-state index is 0.149. The van der Waals surface area contributed by atoms with Crippen LogP contribution in [0.3, 0.4) is 0 Å². The monoisotopic (exact) mass is 367 g/mol. The molecule has 0 N–H and O–H groups in total. The first-order valence-corrected chi connectivity index (χ1v) is 9.56. The Balaban J connectivity index is 1.40. The van der Waals surface area contributed by atoms with Crippen molar-refractivity contribution in [2.24, 2.45) is 0 Å². The van der Waals surface area contributed by atoms with E-state index in [1.807, 2.05) is 40.6 Å². The number of fused-ring (bicyclic) bond motifs is 1. The minimum Gasteiger partial charge on any atom is -0.342 e. The van der Waals surface area contributed by atoms with Crippen molar-refractivity contribution < 1.29 is 9.32 Å². The molecule has 7 nitrogen and oxygen atoms in total. The number of aromatic nitrogens is 4. The highest BCUT2D eigenvalue weighted by molar-refractivity contribution is 5.79. The van der Waals surface area contributed by atoms with Crippen molar-refractivity contribution in [3.8, 4) is 0 Å². The molecule has 1 fully saturated rings. The van der Waals surface area contributed by atoms with Crippen molar-refractivity contribution in [2.75, 3.05) is 13.1 Å². The second kappa shape index (κ2) is 7.13. The van der Waals surface area contributed by atoms with Crippen LogP contribution in [0.5, 0.6) is 0 Å². The first kappa shape index (κ1) is 17.7. The van der Waals surface area contributed by atoms with E-state index in [0.29, 0.717) is 12.3 Å². The molecule has 7 heteroatoms. The summed E-state index contributed by atoms with van der Waals surface area (Å²) in [6, 6.07) is 5.88. The summed E-state index contributed by atoms with van der Waals surface area (Å²) in [4.78, 5) is 23.8. The quantitative estimate of drug-likeness (QED) is 0.708. The number of imidazole rings is 1. The van der Waals surface area contributed by atoms with E-state index in [1.54, 1.807) is 0 Å². The maximum absolute atomic E-state index is 12.8. The number of amides is 1. The minimum absolute atomic E-state index is 0.149. The number of hydrogen-bond donors (Lipinski definition) is 0. The Labute approximate surface area is 158 Å². The van der Waals surface area contributed by atoms with Gasteiger partial charge in [0.15, 0.2) is 5.82 Å². The molecule has 4 rings (SSSR count). The third-order valence-electron chi connectivity index (χ3n) is 5.32. The lowest BCUT2D eigenvalue weighted by Gasteiger charge is -2.30. The molecule has 1 amide bonds. The van der Waals surface area contributed by atoms with Crippen LogP contribution in [0, 0.1) is 6.92 Å². The Morgan fingerprint density at radius 1 is 1.26 bits per heavy atom. The number of rotatable bonds is 4. The molecule has 0 saturated carbocycles. The van der Waals surface area contributed by atoms with Crippen LogP contribution < -0.4 is 0 Å². The second-order valence-corrected chi connectivity index (χ2v) is 7.55. The number of likely N-dealkylation sites (tertiary alicyclic amines) is 1. The number of carbonyl (C=O) groups is 1. The smallest absolute Gasteiger partial charge is 0.229 e. The Morgan fingerprint density at radius 2 is 2.04 bits per heavy atom. The fraction of sp³-hybridized carbons (Fsp3) is 0.500. The highest BCUT2D eigenvalue weighted by Crippen LogP contribution is 2.28. The molecule has 3 aromatic heterocycles. The molecule has 0 radical (unpaired) electrons. The lowest BCUT2D eigenvalue weighted by atomic mass is 9.96. The number of nitrogens with zero attached hydrogens (tertiary/aromatic N) is 5. The summed E-state index contributed by atoms with van der Waals surface area (Å²) >= 11 is 0. The van der Waals surface area contributed by atoms with Gasteiger partial charge in [-0.25, -0.2) is 4.98 Å². The lowest BCUT2D eigenvalue weighted by Crippen LogP contribution is -2.39. The summed E-state index contributed by atoms with van der Waals surface area (Å²) in [5.41, 5.74) is 2.77. The van der Waals surface area contributed by atoms with Gasteiger partial charge in [0.05, 0.1) is 17.8 Å². The van der Waals surface area contributed by atoms with E-state index in [1.165, 1.54) is 0 Å². The van der Waals surface area contributed by atoms with Crippen LogP contribution in [0.1, 0.15) is 61.6 Å². The molecule has 0 unspecified atom stereocenters. The van der Waals surface area contributed by atoms with E-state index in [-0.39, 0.29) is 17.7 Å². The SMILES string of the molecule is Cc1nc2ccccn2c1CC(=O)N1CCC(c2nc(C(C)C)no2)CC1. The van der Waals surface area contributed by atoms with Gasteiger partial charge in [-0.15, -0.1) is 0 Å². The molecule has 1 aliphatic rings. The number of aryl methyl sites for hydroxylation is 1. The van der Waals surface area contributed by atoms with Gasteiger partial charge in [-0.2, -0.15) is 4.98 Å². The van der Waals surface area contributed by atoms with Crippen LogP contribution in [0.4, 0.5) is 0 Å². The van der Waals surface area contributed by atoms with Gasteiger partial charge in [0.1, 0.15) is 5.65 Å². The van der Waals surface area contributed by atoms with Crippen molar-refractivity contribution in [3.63, 3.8) is 0 Å². The summed E-state index contributed by atoms with van der Waals surface area (Å²) in [6.07, 6.45) is 4.06. The van der Waals surface area contributed by atoms with Crippen LogP contribution in [0.15, 0.2) is 28.9 Å². The number of carbonyl (C=O) groups excluding carboxylic acids is 1. The highest BCUT2D eigenvalue weighted by atomic mass is 16.5.